The van der Waals surface area contributed by atoms with E-state index < -0.39 is 17.8 Å². The molecule has 0 bridgehead atoms. The largest absolute Gasteiger partial charge is 0.433 e. The third kappa shape index (κ3) is 4.20. The molecule has 1 unspecified atom stereocenters. The van der Waals surface area contributed by atoms with Crippen molar-refractivity contribution in [2.24, 2.45) is 7.05 Å². The maximum Gasteiger partial charge on any atom is 0.433 e. The number of morpholine rings is 1. The number of benzene rings is 2. The number of fused-ring (bicyclic) bond motifs is 6. The zero-order valence-corrected chi connectivity index (χ0v) is 20.7. The number of nitrogens with one attached hydrogen (secondary N) is 1. The molecular formula is C28H24F3N5O2. The molecule has 10 heteroatoms. The summed E-state index contributed by atoms with van der Waals surface area (Å²) in [5, 5.41) is 7.44. The molecule has 38 heavy (non-hydrogen) atoms. The first-order valence-electron chi connectivity index (χ1n) is 12.2. The molecule has 1 N–H and O–H groups in total. The van der Waals surface area contributed by atoms with Crippen LogP contribution in [0.3, 0.4) is 0 Å². The Morgan fingerprint density at radius 1 is 1.11 bits per heavy atom. The molecule has 0 radical (unpaired) electrons. The smallest absolute Gasteiger partial charge is 0.377 e. The quantitative estimate of drug-likeness (QED) is 0.381. The average molecular weight is 520 g/mol. The number of nitrogens with zero attached hydrogens (tertiary/aromatic N) is 4. The van der Waals surface area contributed by atoms with E-state index in [9.17, 15) is 18.0 Å². The fourth-order valence-electron chi connectivity index (χ4n) is 5.19. The van der Waals surface area contributed by atoms with Crippen molar-refractivity contribution in [3.05, 3.63) is 83.3 Å². The first-order chi connectivity index (χ1) is 18.2. The Kier molecular flexibility index (Phi) is 5.71. The molecule has 4 aromatic rings. The van der Waals surface area contributed by atoms with Crippen LogP contribution in [0.4, 0.5) is 24.5 Å². The lowest BCUT2D eigenvalue weighted by Gasteiger charge is -2.41. The molecule has 7 nitrogen and oxygen atoms in total. The standard InChI is InChI=1S/C28H24F3N5O2/c1-16-3-5-19(33-27(37)18-7-8-32-25(12-18)28(29,30)31)13-21(16)17-4-6-20-23(11-17)36-9-10-38-15-24(36)22-14-35(2)34-26(20)22/h3-8,11-14,24H,9-10,15H2,1-2H3,(H,33,37). The topological polar surface area (TPSA) is 72.3 Å². The Morgan fingerprint density at radius 3 is 2.76 bits per heavy atom. The number of carbonyl (C=O) groups excluding carboxylic acids is 1. The highest BCUT2D eigenvalue weighted by atomic mass is 19.4. The molecule has 0 spiro atoms. The Morgan fingerprint density at radius 2 is 1.95 bits per heavy atom. The van der Waals surface area contributed by atoms with Crippen LogP contribution in [0, 0.1) is 6.92 Å². The minimum Gasteiger partial charge on any atom is -0.377 e. The van der Waals surface area contributed by atoms with Crippen molar-refractivity contribution >= 4 is 17.3 Å². The van der Waals surface area contributed by atoms with E-state index in [1.54, 1.807) is 6.07 Å². The zero-order valence-electron chi connectivity index (χ0n) is 20.7. The van der Waals surface area contributed by atoms with Crippen LogP contribution in [-0.4, -0.2) is 40.4 Å². The second-order valence-corrected chi connectivity index (χ2v) is 9.53. The number of alkyl halides is 3. The van der Waals surface area contributed by atoms with Crippen molar-refractivity contribution in [3.63, 3.8) is 0 Å². The van der Waals surface area contributed by atoms with Gasteiger partial charge in [-0.25, -0.2) is 0 Å². The number of aryl methyl sites for hydroxylation is 2. The van der Waals surface area contributed by atoms with Gasteiger partial charge in [0.1, 0.15) is 5.69 Å². The molecule has 4 heterocycles. The molecular weight excluding hydrogens is 495 g/mol. The van der Waals surface area contributed by atoms with E-state index in [1.165, 1.54) is 6.07 Å². The molecule has 0 aliphatic carbocycles. The number of anilines is 2. The third-order valence-electron chi connectivity index (χ3n) is 7.03. The van der Waals surface area contributed by atoms with Crippen molar-refractivity contribution in [2.45, 2.75) is 19.1 Å². The number of aromatic nitrogens is 3. The van der Waals surface area contributed by atoms with E-state index in [-0.39, 0.29) is 11.6 Å². The molecule has 2 aromatic carbocycles. The summed E-state index contributed by atoms with van der Waals surface area (Å²) in [4.78, 5) is 18.4. The normalized spacial score (nSPS) is 16.4. The van der Waals surface area contributed by atoms with Crippen LogP contribution in [-0.2, 0) is 18.0 Å². The Hall–Kier alpha value is -4.18. The summed E-state index contributed by atoms with van der Waals surface area (Å²) >= 11 is 0. The molecule has 1 fully saturated rings. The van der Waals surface area contributed by atoms with Crippen LogP contribution in [0.25, 0.3) is 22.4 Å². The van der Waals surface area contributed by atoms with Gasteiger partial charge in [0.15, 0.2) is 0 Å². The van der Waals surface area contributed by atoms with E-state index >= 15 is 0 Å². The van der Waals surface area contributed by atoms with Gasteiger partial charge in [-0.05, 0) is 53.9 Å². The highest BCUT2D eigenvalue weighted by Crippen LogP contribution is 2.46. The first-order valence-corrected chi connectivity index (χ1v) is 12.2. The maximum atomic E-state index is 13.0. The van der Waals surface area contributed by atoms with Crippen LogP contribution < -0.4 is 10.2 Å². The van der Waals surface area contributed by atoms with Crippen LogP contribution in [0.15, 0.2) is 60.9 Å². The van der Waals surface area contributed by atoms with Gasteiger partial charge in [0, 0.05) is 54.1 Å². The zero-order chi connectivity index (χ0) is 26.6. The van der Waals surface area contributed by atoms with Crippen molar-refractivity contribution in [3.8, 4) is 22.4 Å². The fourth-order valence-corrected chi connectivity index (χ4v) is 5.19. The van der Waals surface area contributed by atoms with Crippen LogP contribution in [0.5, 0.6) is 0 Å². The highest BCUT2D eigenvalue weighted by Gasteiger charge is 2.36. The summed E-state index contributed by atoms with van der Waals surface area (Å²) in [6, 6.07) is 13.8. The lowest BCUT2D eigenvalue weighted by Crippen LogP contribution is -2.41. The van der Waals surface area contributed by atoms with Crippen LogP contribution in [0.1, 0.15) is 33.2 Å². The average Bonchev–Trinajstić information content (AvgIpc) is 3.31. The van der Waals surface area contributed by atoms with Gasteiger partial charge in [-0.2, -0.15) is 18.3 Å². The van der Waals surface area contributed by atoms with Crippen LogP contribution >= 0.6 is 0 Å². The lowest BCUT2D eigenvalue weighted by atomic mass is 9.90. The van der Waals surface area contributed by atoms with Crippen molar-refractivity contribution in [2.75, 3.05) is 30.0 Å². The monoisotopic (exact) mass is 519 g/mol. The maximum absolute atomic E-state index is 13.0. The third-order valence-corrected chi connectivity index (χ3v) is 7.03. The predicted molar refractivity (Wildman–Crippen MR) is 137 cm³/mol. The van der Waals surface area contributed by atoms with Gasteiger partial charge < -0.3 is 15.0 Å². The van der Waals surface area contributed by atoms with Crippen LogP contribution in [0.2, 0.25) is 0 Å². The van der Waals surface area contributed by atoms with Gasteiger partial charge in [-0.15, -0.1) is 0 Å². The summed E-state index contributed by atoms with van der Waals surface area (Å²) in [7, 11) is 1.92. The molecule has 6 rings (SSSR count). The molecule has 194 valence electrons. The Bertz CT molecular complexity index is 1560. The SMILES string of the molecule is Cc1ccc(NC(=O)c2ccnc(C(F)(F)F)c2)cc1-c1ccc2c(c1)N1CCOCC1c1cn(C)nc1-2. The Balaban J connectivity index is 1.34. The number of amides is 1. The van der Waals surface area contributed by atoms with Gasteiger partial charge in [0.25, 0.3) is 5.91 Å². The summed E-state index contributed by atoms with van der Waals surface area (Å²) < 4.78 is 46.7. The van der Waals surface area contributed by atoms with E-state index in [0.29, 0.717) is 18.9 Å². The number of pyridine rings is 1. The molecule has 2 aliphatic heterocycles. The van der Waals surface area contributed by atoms with Gasteiger partial charge >= 0.3 is 6.18 Å². The van der Waals surface area contributed by atoms with Gasteiger partial charge in [-0.3, -0.25) is 14.5 Å². The number of ether oxygens (including phenoxy) is 1. The molecule has 0 saturated carbocycles. The van der Waals surface area contributed by atoms with Crippen molar-refractivity contribution in [1.29, 1.82) is 0 Å². The summed E-state index contributed by atoms with van der Waals surface area (Å²) in [6.45, 7) is 3.97. The van der Waals surface area contributed by atoms with E-state index in [4.69, 9.17) is 9.84 Å². The Labute approximate surface area is 216 Å². The number of hydrogen-bond acceptors (Lipinski definition) is 5. The minimum absolute atomic E-state index is 0.0869. The number of rotatable bonds is 3. The molecule has 2 aliphatic rings. The van der Waals surface area contributed by atoms with E-state index in [1.807, 2.05) is 36.9 Å². The predicted octanol–water partition coefficient (Wildman–Crippen LogP) is 5.62. The molecule has 1 saturated heterocycles. The second-order valence-electron chi connectivity index (χ2n) is 9.53. The highest BCUT2D eigenvalue weighted by molar-refractivity contribution is 6.04. The molecule has 2 aromatic heterocycles. The number of carbonyl (C=O) groups is 1. The number of halogens is 3. The molecule has 1 amide bonds. The van der Waals surface area contributed by atoms with Crippen molar-refractivity contribution in [1.82, 2.24) is 14.8 Å². The summed E-state index contributed by atoms with van der Waals surface area (Å²) in [6.07, 6.45) is -1.60. The van der Waals surface area contributed by atoms with Gasteiger partial charge in [-0.1, -0.05) is 18.2 Å². The van der Waals surface area contributed by atoms with Gasteiger partial charge in [0.05, 0.1) is 24.9 Å². The van der Waals surface area contributed by atoms with E-state index in [0.717, 1.165) is 58.0 Å². The minimum atomic E-state index is -4.63. The summed E-state index contributed by atoms with van der Waals surface area (Å²) in [5.74, 6) is -0.642. The second kappa shape index (κ2) is 8.98. The number of hydrogen-bond donors (Lipinski definition) is 1. The molecule has 1 atom stereocenters. The first kappa shape index (κ1) is 24.2. The fraction of sp³-hybridized carbons (Fsp3) is 0.250. The van der Waals surface area contributed by atoms with E-state index in [2.05, 4.69) is 33.5 Å². The van der Waals surface area contributed by atoms with Gasteiger partial charge in [0.2, 0.25) is 0 Å². The summed E-state index contributed by atoms with van der Waals surface area (Å²) in [5.41, 5.74) is 6.36. The van der Waals surface area contributed by atoms with Crippen molar-refractivity contribution < 1.29 is 22.7 Å². The lowest BCUT2D eigenvalue weighted by molar-refractivity contribution is -0.141.